The fraction of sp³-hybridized carbons (Fsp3) is 0.316. The van der Waals surface area contributed by atoms with Gasteiger partial charge in [0.25, 0.3) is 10.0 Å². The molecule has 1 fully saturated rings. The number of halogens is 1. The monoisotopic (exact) mass is 466 g/mol. The largest absolute Gasteiger partial charge is 0.497 e. The van der Waals surface area contributed by atoms with Gasteiger partial charge in [-0.15, -0.1) is 5.10 Å². The fourth-order valence-corrected chi connectivity index (χ4v) is 4.13. The van der Waals surface area contributed by atoms with E-state index in [1.165, 1.54) is 12.1 Å². The smallest absolute Gasteiger partial charge is 0.276 e. The summed E-state index contributed by atoms with van der Waals surface area (Å²) in [6, 6.07) is 13.7. The summed E-state index contributed by atoms with van der Waals surface area (Å²) in [5.41, 5.74) is 0.764. The molecule has 28 heavy (non-hydrogen) atoms. The van der Waals surface area contributed by atoms with E-state index in [-0.39, 0.29) is 4.90 Å². The molecule has 1 aliphatic heterocycles. The minimum absolute atomic E-state index is 0.168. The Morgan fingerprint density at radius 3 is 2.43 bits per heavy atom. The van der Waals surface area contributed by atoms with E-state index >= 15 is 0 Å². The number of hydrogen-bond acceptors (Lipinski definition) is 5. The zero-order chi connectivity index (χ0) is 20.1. The number of ether oxygens (including phenoxy) is 1. The van der Waals surface area contributed by atoms with Gasteiger partial charge in [0, 0.05) is 36.2 Å². The molecule has 0 spiro atoms. The number of piperazine rings is 1. The number of nitrogens with one attached hydrogen (secondary N) is 1. The van der Waals surface area contributed by atoms with Crippen molar-refractivity contribution in [3.05, 3.63) is 58.6 Å². The van der Waals surface area contributed by atoms with Crippen molar-refractivity contribution in [3.8, 4) is 5.75 Å². The van der Waals surface area contributed by atoms with Gasteiger partial charge >= 0.3 is 0 Å². The van der Waals surface area contributed by atoms with E-state index in [1.54, 1.807) is 25.3 Å². The van der Waals surface area contributed by atoms with Gasteiger partial charge in [-0.2, -0.15) is 13.2 Å². The third kappa shape index (κ3) is 4.84. The van der Waals surface area contributed by atoms with Gasteiger partial charge < -0.3 is 14.5 Å². The van der Waals surface area contributed by atoms with Crippen molar-refractivity contribution in [1.82, 2.24) is 14.6 Å². The highest BCUT2D eigenvalue weighted by Gasteiger charge is 2.22. The first-order valence-electron chi connectivity index (χ1n) is 8.82. The topological polar surface area (TPSA) is 74.2 Å². The quantitative estimate of drug-likeness (QED) is 0.415. The molecule has 150 valence electrons. The Morgan fingerprint density at radius 2 is 1.79 bits per heavy atom. The molecule has 0 unspecified atom stereocenters. The molecule has 0 bridgehead atoms. The molecule has 9 heteroatoms. The highest BCUT2D eigenvalue weighted by atomic mass is 79.9. The second kappa shape index (κ2) is 8.93. The van der Waals surface area contributed by atoms with Gasteiger partial charge in [0.05, 0.1) is 12.0 Å². The van der Waals surface area contributed by atoms with Crippen LogP contribution in [0.1, 0.15) is 5.56 Å². The number of hydrogen-bond donors (Lipinski definition) is 1. The Kier molecular flexibility index (Phi) is 6.58. The van der Waals surface area contributed by atoms with Crippen molar-refractivity contribution in [2.24, 2.45) is 5.10 Å². The first-order chi connectivity index (χ1) is 13.4. The summed E-state index contributed by atoms with van der Waals surface area (Å²) in [5.74, 6) is 1.23. The fourth-order valence-electron chi connectivity index (χ4n) is 2.88. The molecule has 3 rings (SSSR count). The third-order valence-electron chi connectivity index (χ3n) is 4.54. The number of methoxy groups -OCH3 is 1. The standard InChI is InChI=1S/C19H23BrN4O3S/c1-23-10-12-24(13-11-23)19(17-14-15(27-2)8-9-18(17)20)21-22-28(25,26)16-6-4-3-5-7-16/h3-9,14,22H,10-13H2,1-2H3. The van der Waals surface area contributed by atoms with Crippen LogP contribution in [0.15, 0.2) is 63.0 Å². The maximum atomic E-state index is 12.6. The molecule has 1 heterocycles. The number of nitrogens with zero attached hydrogens (tertiary/aromatic N) is 3. The lowest BCUT2D eigenvalue weighted by Gasteiger charge is -2.34. The Morgan fingerprint density at radius 1 is 1.11 bits per heavy atom. The van der Waals surface area contributed by atoms with Crippen LogP contribution in [-0.2, 0) is 10.0 Å². The second-order valence-electron chi connectivity index (χ2n) is 6.48. The van der Waals surface area contributed by atoms with E-state index in [0.29, 0.717) is 11.6 Å². The van der Waals surface area contributed by atoms with Crippen molar-refractivity contribution < 1.29 is 13.2 Å². The molecule has 2 aromatic carbocycles. The van der Waals surface area contributed by atoms with Gasteiger partial charge in [0.15, 0.2) is 5.84 Å². The number of sulfonamides is 1. The van der Waals surface area contributed by atoms with E-state index < -0.39 is 10.0 Å². The summed E-state index contributed by atoms with van der Waals surface area (Å²) in [7, 11) is -0.104. The molecule has 2 aromatic rings. The SMILES string of the molecule is COc1ccc(Br)c(C(=NNS(=O)(=O)c2ccccc2)N2CCN(C)CC2)c1. The Labute approximate surface area is 174 Å². The molecule has 0 aromatic heterocycles. The molecule has 0 radical (unpaired) electrons. The van der Waals surface area contributed by atoms with Crippen molar-refractivity contribution in [2.45, 2.75) is 4.90 Å². The minimum atomic E-state index is -3.76. The lowest BCUT2D eigenvalue weighted by Crippen LogP contribution is -2.48. The number of amidine groups is 1. The highest BCUT2D eigenvalue weighted by Crippen LogP contribution is 2.25. The van der Waals surface area contributed by atoms with Crippen molar-refractivity contribution in [2.75, 3.05) is 40.3 Å². The molecule has 1 saturated heterocycles. The molecular weight excluding hydrogens is 444 g/mol. The lowest BCUT2D eigenvalue weighted by atomic mass is 10.1. The lowest BCUT2D eigenvalue weighted by molar-refractivity contribution is 0.215. The maximum absolute atomic E-state index is 12.6. The maximum Gasteiger partial charge on any atom is 0.276 e. The van der Waals surface area contributed by atoms with Crippen molar-refractivity contribution in [1.29, 1.82) is 0 Å². The predicted octanol–water partition coefficient (Wildman–Crippen LogP) is 2.35. The third-order valence-corrected chi connectivity index (χ3v) is 6.46. The Bertz CT molecular complexity index is 943. The molecule has 1 aliphatic rings. The summed E-state index contributed by atoms with van der Waals surface area (Å²) >= 11 is 3.55. The second-order valence-corrected chi connectivity index (χ2v) is 8.99. The minimum Gasteiger partial charge on any atom is -0.497 e. The normalized spacial score (nSPS) is 16.1. The first-order valence-corrected chi connectivity index (χ1v) is 11.1. The number of likely N-dealkylation sites (N-methyl/N-ethyl adjacent to an activating group) is 1. The van der Waals surface area contributed by atoms with E-state index in [4.69, 9.17) is 4.74 Å². The highest BCUT2D eigenvalue weighted by molar-refractivity contribution is 9.10. The average molecular weight is 467 g/mol. The van der Waals surface area contributed by atoms with Crippen LogP contribution in [0, 0.1) is 0 Å². The number of benzene rings is 2. The number of hydrazone groups is 1. The Balaban J connectivity index is 1.98. The zero-order valence-corrected chi connectivity index (χ0v) is 18.2. The summed E-state index contributed by atoms with van der Waals surface area (Å²) in [6.45, 7) is 3.22. The van der Waals surface area contributed by atoms with Crippen LogP contribution in [0.4, 0.5) is 0 Å². The summed E-state index contributed by atoms with van der Waals surface area (Å²) in [5, 5.41) is 4.33. The molecule has 1 N–H and O–H groups in total. The van der Waals surface area contributed by atoms with Crippen molar-refractivity contribution in [3.63, 3.8) is 0 Å². The molecule has 7 nitrogen and oxygen atoms in total. The molecule has 0 saturated carbocycles. The predicted molar refractivity (Wildman–Crippen MR) is 113 cm³/mol. The van der Waals surface area contributed by atoms with Gasteiger partial charge in [0.1, 0.15) is 5.75 Å². The van der Waals surface area contributed by atoms with Crippen LogP contribution in [0.25, 0.3) is 0 Å². The van der Waals surface area contributed by atoms with Gasteiger partial charge in [-0.1, -0.05) is 34.1 Å². The van der Waals surface area contributed by atoms with Crippen LogP contribution >= 0.6 is 15.9 Å². The summed E-state index contributed by atoms with van der Waals surface area (Å²) < 4.78 is 31.4. The van der Waals surface area contributed by atoms with Crippen LogP contribution in [0.2, 0.25) is 0 Å². The van der Waals surface area contributed by atoms with Crippen LogP contribution < -0.4 is 9.57 Å². The van der Waals surface area contributed by atoms with E-state index in [1.807, 2.05) is 18.2 Å². The summed E-state index contributed by atoms with van der Waals surface area (Å²) in [4.78, 5) is 6.86. The van der Waals surface area contributed by atoms with Crippen LogP contribution in [0.3, 0.4) is 0 Å². The molecule has 0 amide bonds. The molecular formula is C19H23BrN4O3S. The summed E-state index contributed by atoms with van der Waals surface area (Å²) in [6.07, 6.45) is 0. The van der Waals surface area contributed by atoms with Crippen LogP contribution in [0.5, 0.6) is 5.75 Å². The van der Waals surface area contributed by atoms with Gasteiger partial charge in [-0.05, 0) is 37.4 Å². The van der Waals surface area contributed by atoms with E-state index in [9.17, 15) is 8.42 Å². The van der Waals surface area contributed by atoms with Crippen LogP contribution in [-0.4, -0.2) is 64.4 Å². The average Bonchev–Trinajstić information content (AvgIpc) is 2.71. The zero-order valence-electron chi connectivity index (χ0n) is 15.8. The van der Waals surface area contributed by atoms with Gasteiger partial charge in [-0.3, -0.25) is 0 Å². The van der Waals surface area contributed by atoms with E-state index in [2.05, 4.69) is 42.7 Å². The number of rotatable bonds is 5. The molecule has 0 atom stereocenters. The van der Waals surface area contributed by atoms with Crippen molar-refractivity contribution >= 4 is 31.8 Å². The van der Waals surface area contributed by atoms with Gasteiger partial charge in [-0.25, -0.2) is 0 Å². The van der Waals surface area contributed by atoms with Gasteiger partial charge in [0.2, 0.25) is 0 Å². The van der Waals surface area contributed by atoms with E-state index in [0.717, 1.165) is 36.2 Å². The first kappa shape index (κ1) is 20.6. The Hall–Kier alpha value is -2.10. The molecule has 0 aliphatic carbocycles.